The van der Waals surface area contributed by atoms with Crippen LogP contribution in [0.4, 0.5) is 0 Å². The molecule has 2 aliphatic heterocycles. The van der Waals surface area contributed by atoms with Gasteiger partial charge in [0.2, 0.25) is 0 Å². The summed E-state index contributed by atoms with van der Waals surface area (Å²) >= 11 is 0. The van der Waals surface area contributed by atoms with Crippen LogP contribution >= 0.6 is 0 Å². The third-order valence-corrected chi connectivity index (χ3v) is 7.70. The molecule has 2 heterocycles. The molecule has 1 N–H and O–H groups in total. The second-order valence-corrected chi connectivity index (χ2v) is 11.6. The van der Waals surface area contributed by atoms with Gasteiger partial charge in [-0.3, -0.25) is 9.59 Å². The van der Waals surface area contributed by atoms with Crippen LogP contribution in [0.25, 0.3) is 0 Å². The summed E-state index contributed by atoms with van der Waals surface area (Å²) in [6.45, 7) is 12.5. The summed E-state index contributed by atoms with van der Waals surface area (Å²) in [5.74, 6) is -1.37. The van der Waals surface area contributed by atoms with E-state index in [0.717, 1.165) is 6.54 Å². The van der Waals surface area contributed by atoms with Crippen molar-refractivity contribution in [3.05, 3.63) is 0 Å². The number of aliphatic hydroxyl groups is 1. The first-order chi connectivity index (χ1) is 16.1. The molecule has 0 aliphatic carbocycles. The number of Topliss-reactive ketones (excluding diaryl/α,β-unsaturated/α-hetero) is 1. The average molecular weight is 501 g/mol. The maximum atomic E-state index is 13.7. The van der Waals surface area contributed by atoms with E-state index in [-0.39, 0.29) is 30.5 Å². The predicted octanol–water partition coefficient (Wildman–Crippen LogP) is 1.95. The number of ether oxygens (including phenoxy) is 4. The summed E-state index contributed by atoms with van der Waals surface area (Å²) in [7, 11) is 7.43. The van der Waals surface area contributed by atoms with E-state index in [1.807, 2.05) is 39.9 Å². The number of ketones is 1. The van der Waals surface area contributed by atoms with Crippen LogP contribution < -0.4 is 0 Å². The van der Waals surface area contributed by atoms with E-state index < -0.39 is 41.4 Å². The van der Waals surface area contributed by atoms with Gasteiger partial charge in [0.05, 0.1) is 17.8 Å². The van der Waals surface area contributed by atoms with Gasteiger partial charge in [-0.25, -0.2) is 0 Å². The van der Waals surface area contributed by atoms with E-state index in [1.165, 1.54) is 0 Å². The maximum absolute atomic E-state index is 13.7. The van der Waals surface area contributed by atoms with Gasteiger partial charge < -0.3 is 33.9 Å². The zero-order valence-electron chi connectivity index (χ0n) is 23.4. The molecule has 9 nitrogen and oxygen atoms in total. The number of carbonyl (C=O) groups excluding carboxylic acids is 2. The zero-order valence-corrected chi connectivity index (χ0v) is 23.4. The summed E-state index contributed by atoms with van der Waals surface area (Å²) in [5.41, 5.74) is -2.24. The van der Waals surface area contributed by atoms with Crippen molar-refractivity contribution in [2.75, 3.05) is 47.9 Å². The van der Waals surface area contributed by atoms with Gasteiger partial charge in [0.1, 0.15) is 18.1 Å². The molecule has 35 heavy (non-hydrogen) atoms. The lowest BCUT2D eigenvalue weighted by Gasteiger charge is -2.47. The smallest absolute Gasteiger partial charge is 0.319 e. The molecule has 0 amide bonds. The molecule has 2 fully saturated rings. The third-order valence-electron chi connectivity index (χ3n) is 7.70. The highest BCUT2D eigenvalue weighted by Crippen LogP contribution is 2.38. The van der Waals surface area contributed by atoms with Gasteiger partial charge >= 0.3 is 5.97 Å². The summed E-state index contributed by atoms with van der Waals surface area (Å²) in [4.78, 5) is 30.7. The Morgan fingerprint density at radius 2 is 1.77 bits per heavy atom. The Bertz CT molecular complexity index is 730. The molecular weight excluding hydrogens is 452 g/mol. The SMILES string of the molecule is COC1(C)CC(C)CN(C)CCOC(=O)C(C)(C)C(=O)C(C)C1O[C@@H]1O[C@H](C)C[C@H](N(C)C)[C@H]1O. The second kappa shape index (κ2) is 12.0. The van der Waals surface area contributed by atoms with Crippen molar-refractivity contribution in [2.45, 2.75) is 90.6 Å². The van der Waals surface area contributed by atoms with Crippen LogP contribution in [0.5, 0.6) is 0 Å². The number of esters is 1. The van der Waals surface area contributed by atoms with Gasteiger partial charge in [-0.05, 0) is 67.6 Å². The van der Waals surface area contributed by atoms with Crippen LogP contribution in [-0.2, 0) is 28.5 Å². The topological polar surface area (TPSA) is 97.8 Å². The average Bonchev–Trinajstić information content (AvgIpc) is 2.77. The lowest BCUT2D eigenvalue weighted by atomic mass is 9.74. The molecule has 0 radical (unpaired) electrons. The van der Waals surface area contributed by atoms with Crippen LogP contribution in [0.3, 0.4) is 0 Å². The van der Waals surface area contributed by atoms with E-state index >= 15 is 0 Å². The van der Waals surface area contributed by atoms with Crippen molar-refractivity contribution >= 4 is 11.8 Å². The molecule has 0 aromatic heterocycles. The monoisotopic (exact) mass is 500 g/mol. The lowest BCUT2D eigenvalue weighted by Crippen LogP contribution is -2.59. The first-order valence-corrected chi connectivity index (χ1v) is 12.7. The largest absolute Gasteiger partial charge is 0.464 e. The Balaban J connectivity index is 2.50. The summed E-state index contributed by atoms with van der Waals surface area (Å²) < 4.78 is 24.1. The lowest BCUT2D eigenvalue weighted by molar-refractivity contribution is -0.295. The standard InChI is InChI=1S/C26H48N2O7/c1-16-14-26(6,32-10)22(35-23-20(29)19(27(7)8)13-17(2)34-23)18(3)21(30)25(4,5)24(31)33-12-11-28(9)15-16/h16-20,22-23,29H,11-15H2,1-10H3/t16?,17-,18?,19+,20-,22?,23+,26?/m1/s1. The second-order valence-electron chi connectivity index (χ2n) is 11.6. The summed E-state index contributed by atoms with van der Waals surface area (Å²) in [5, 5.41) is 11.1. The third kappa shape index (κ3) is 7.02. The minimum atomic E-state index is -1.36. The van der Waals surface area contributed by atoms with Crippen LogP contribution in [0.1, 0.15) is 54.4 Å². The van der Waals surface area contributed by atoms with Crippen molar-refractivity contribution < 1.29 is 33.6 Å². The number of cyclic esters (lactones) is 1. The van der Waals surface area contributed by atoms with E-state index in [1.54, 1.807) is 27.9 Å². The molecular formula is C26H48N2O7. The van der Waals surface area contributed by atoms with E-state index in [9.17, 15) is 14.7 Å². The van der Waals surface area contributed by atoms with Crippen molar-refractivity contribution in [3.63, 3.8) is 0 Å². The number of likely N-dealkylation sites (N-methyl/N-ethyl adjacent to an activating group) is 2. The van der Waals surface area contributed by atoms with Crippen LogP contribution in [-0.4, -0.2) is 111 Å². The molecule has 4 unspecified atom stereocenters. The number of rotatable bonds is 4. The van der Waals surface area contributed by atoms with Crippen LogP contribution in [0.15, 0.2) is 0 Å². The number of aliphatic hydroxyl groups excluding tert-OH is 1. The Morgan fingerprint density at radius 1 is 1.14 bits per heavy atom. The zero-order chi connectivity index (χ0) is 26.7. The van der Waals surface area contributed by atoms with Crippen molar-refractivity contribution in [2.24, 2.45) is 17.3 Å². The van der Waals surface area contributed by atoms with Crippen molar-refractivity contribution in [3.8, 4) is 0 Å². The number of hydrogen-bond donors (Lipinski definition) is 1. The molecule has 8 atom stereocenters. The molecule has 0 spiro atoms. The fraction of sp³-hybridized carbons (Fsp3) is 0.923. The summed E-state index contributed by atoms with van der Waals surface area (Å²) in [6, 6.07) is -0.155. The number of hydrogen-bond acceptors (Lipinski definition) is 9. The molecule has 2 rings (SSSR count). The fourth-order valence-electron chi connectivity index (χ4n) is 5.57. The molecule has 0 aromatic rings. The van der Waals surface area contributed by atoms with Crippen molar-refractivity contribution in [1.82, 2.24) is 9.80 Å². The molecule has 204 valence electrons. The Kier molecular flexibility index (Phi) is 10.3. The number of nitrogens with zero attached hydrogens (tertiary/aromatic N) is 2. The molecule has 9 heteroatoms. The first-order valence-electron chi connectivity index (χ1n) is 12.7. The van der Waals surface area contributed by atoms with Gasteiger partial charge in [0, 0.05) is 32.2 Å². The minimum absolute atomic E-state index is 0.135. The maximum Gasteiger partial charge on any atom is 0.319 e. The Morgan fingerprint density at radius 3 is 2.34 bits per heavy atom. The summed E-state index contributed by atoms with van der Waals surface area (Å²) in [6.07, 6.45) is -1.48. The van der Waals surface area contributed by atoms with Gasteiger partial charge in [-0.1, -0.05) is 13.8 Å². The highest BCUT2D eigenvalue weighted by Gasteiger charge is 2.51. The fourth-order valence-corrected chi connectivity index (χ4v) is 5.57. The van der Waals surface area contributed by atoms with E-state index in [0.29, 0.717) is 19.4 Å². The molecule has 2 aliphatic rings. The van der Waals surface area contributed by atoms with Crippen molar-refractivity contribution in [1.29, 1.82) is 0 Å². The highest BCUT2D eigenvalue weighted by molar-refractivity contribution is 6.04. The van der Waals surface area contributed by atoms with E-state index in [4.69, 9.17) is 18.9 Å². The van der Waals surface area contributed by atoms with Crippen LogP contribution in [0, 0.1) is 17.3 Å². The highest BCUT2D eigenvalue weighted by atomic mass is 16.7. The molecule has 0 saturated carbocycles. The quantitative estimate of drug-likeness (QED) is 0.459. The minimum Gasteiger partial charge on any atom is -0.464 e. The van der Waals surface area contributed by atoms with Gasteiger partial charge in [0.15, 0.2) is 12.1 Å². The van der Waals surface area contributed by atoms with Gasteiger partial charge in [-0.15, -0.1) is 0 Å². The van der Waals surface area contributed by atoms with E-state index in [2.05, 4.69) is 11.8 Å². The van der Waals surface area contributed by atoms with Crippen LogP contribution in [0.2, 0.25) is 0 Å². The predicted molar refractivity (Wildman–Crippen MR) is 133 cm³/mol. The molecule has 2 saturated heterocycles. The Hall–Kier alpha value is -1.10. The number of methoxy groups -OCH3 is 1. The Labute approximate surface area is 211 Å². The van der Waals surface area contributed by atoms with Gasteiger partial charge in [0.25, 0.3) is 0 Å². The van der Waals surface area contributed by atoms with Gasteiger partial charge in [-0.2, -0.15) is 0 Å². The number of carbonyl (C=O) groups is 2. The molecule has 0 bridgehead atoms. The normalized spacial score (nSPS) is 40.5. The molecule has 0 aromatic carbocycles. The first kappa shape index (κ1) is 30.1.